The Labute approximate surface area is 123 Å². The highest BCUT2D eigenvalue weighted by molar-refractivity contribution is 6.07. The monoisotopic (exact) mass is 273 g/mol. The summed E-state index contributed by atoms with van der Waals surface area (Å²) in [5.74, 6) is 0.840. The minimum Gasteiger partial charge on any atom is -0.375 e. The first-order valence-electron chi connectivity index (χ1n) is 7.06. The number of rotatable bonds is 2. The Morgan fingerprint density at radius 1 is 0.667 bits per heavy atom. The molecule has 0 amide bonds. The summed E-state index contributed by atoms with van der Waals surface area (Å²) in [4.78, 5) is 6.12. The lowest BCUT2D eigenvalue weighted by Crippen LogP contribution is -2.04. The highest BCUT2D eigenvalue weighted by Crippen LogP contribution is 2.29. The minimum absolute atomic E-state index is 0.840. The first-order valence-corrected chi connectivity index (χ1v) is 7.06. The molecule has 4 rings (SSSR count). The lowest BCUT2D eigenvalue weighted by Gasteiger charge is -2.09. The molecular weight excluding hydrogens is 258 g/mol. The summed E-state index contributed by atoms with van der Waals surface area (Å²) >= 11 is 0. The Morgan fingerprint density at radius 3 is 1.76 bits per heavy atom. The largest absolute Gasteiger partial charge is 0.375 e. The molecule has 0 aliphatic heterocycles. The van der Waals surface area contributed by atoms with Crippen molar-refractivity contribution in [2.45, 2.75) is 6.92 Å². The molecule has 2 heteroatoms. The molecule has 0 aliphatic carbocycles. The van der Waals surface area contributed by atoms with E-state index in [0.29, 0.717) is 0 Å². The van der Waals surface area contributed by atoms with E-state index in [1.807, 2.05) is 29.0 Å². The van der Waals surface area contributed by atoms with Gasteiger partial charge in [-0.25, -0.2) is 0 Å². The average molecular weight is 273 g/mol. The number of para-hydroxylation sites is 2. The van der Waals surface area contributed by atoms with E-state index in [0.717, 1.165) is 16.8 Å². The van der Waals surface area contributed by atoms with Crippen LogP contribution in [0, 0.1) is 6.92 Å². The summed E-state index contributed by atoms with van der Waals surface area (Å²) in [7, 11) is 0. The quantitative estimate of drug-likeness (QED) is 0.504. The Morgan fingerprint density at radius 2 is 1.19 bits per heavy atom. The molecule has 0 bridgehead atoms. The highest BCUT2D eigenvalue weighted by Gasteiger charge is 2.10. The van der Waals surface area contributed by atoms with Crippen LogP contribution in [0.15, 0.2) is 72.8 Å². The topological polar surface area (TPSA) is 14.2 Å². The summed E-state index contributed by atoms with van der Waals surface area (Å²) in [6, 6.07) is 24.7. The predicted molar refractivity (Wildman–Crippen MR) is 86.6 cm³/mol. The summed E-state index contributed by atoms with van der Waals surface area (Å²) in [5.41, 5.74) is 3.39. The van der Waals surface area contributed by atoms with E-state index < -0.39 is 0 Å². The third-order valence-electron chi connectivity index (χ3n) is 3.75. The van der Waals surface area contributed by atoms with Gasteiger partial charge in [-0.15, -0.1) is 0 Å². The maximum atomic E-state index is 6.12. The molecule has 0 radical (unpaired) electrons. The molecule has 0 spiro atoms. The molecule has 4 aromatic rings. The van der Waals surface area contributed by atoms with Crippen LogP contribution in [-0.2, 0) is 0 Å². The lowest BCUT2D eigenvalue weighted by atomic mass is 10.2. The van der Waals surface area contributed by atoms with Crippen molar-refractivity contribution in [2.24, 2.45) is 0 Å². The number of benzene rings is 3. The molecule has 21 heavy (non-hydrogen) atoms. The Bertz CT molecular complexity index is 866. The SMILES string of the molecule is Cc1ccc(On2c3ccccc3c3ccccc32)cc1. The van der Waals surface area contributed by atoms with Crippen LogP contribution in [0.4, 0.5) is 0 Å². The molecule has 0 N–H and O–H groups in total. The van der Waals surface area contributed by atoms with E-state index in [4.69, 9.17) is 4.84 Å². The van der Waals surface area contributed by atoms with Gasteiger partial charge in [-0.1, -0.05) is 54.1 Å². The third kappa shape index (κ3) is 1.96. The van der Waals surface area contributed by atoms with Gasteiger partial charge in [0.05, 0.1) is 11.0 Å². The van der Waals surface area contributed by atoms with Gasteiger partial charge in [0.1, 0.15) is 0 Å². The first-order chi connectivity index (χ1) is 10.3. The predicted octanol–water partition coefficient (Wildman–Crippen LogP) is 4.95. The maximum Gasteiger partial charge on any atom is 0.155 e. The Hall–Kier alpha value is -2.74. The van der Waals surface area contributed by atoms with E-state index in [2.05, 4.69) is 55.5 Å². The second kappa shape index (κ2) is 4.67. The van der Waals surface area contributed by atoms with Gasteiger partial charge in [0.15, 0.2) is 5.75 Å². The molecule has 0 fully saturated rings. The van der Waals surface area contributed by atoms with Crippen LogP contribution in [0.5, 0.6) is 5.75 Å². The minimum atomic E-state index is 0.840. The number of hydrogen-bond acceptors (Lipinski definition) is 1. The number of aromatic nitrogens is 1. The van der Waals surface area contributed by atoms with Crippen molar-refractivity contribution in [1.82, 2.24) is 4.73 Å². The number of fused-ring (bicyclic) bond motifs is 3. The Balaban J connectivity index is 1.95. The van der Waals surface area contributed by atoms with Crippen molar-refractivity contribution >= 4 is 21.8 Å². The molecule has 0 unspecified atom stereocenters. The van der Waals surface area contributed by atoms with Crippen molar-refractivity contribution in [3.8, 4) is 5.75 Å². The Kier molecular flexibility index (Phi) is 2.68. The molecule has 2 nitrogen and oxygen atoms in total. The van der Waals surface area contributed by atoms with E-state index >= 15 is 0 Å². The van der Waals surface area contributed by atoms with E-state index in [9.17, 15) is 0 Å². The van der Waals surface area contributed by atoms with Crippen LogP contribution in [0.3, 0.4) is 0 Å². The van der Waals surface area contributed by atoms with Gasteiger partial charge in [0, 0.05) is 10.8 Å². The molecule has 102 valence electrons. The summed E-state index contributed by atoms with van der Waals surface area (Å²) in [6.07, 6.45) is 0. The second-order valence-electron chi connectivity index (χ2n) is 5.23. The average Bonchev–Trinajstić information content (AvgIpc) is 2.85. The van der Waals surface area contributed by atoms with Crippen LogP contribution >= 0.6 is 0 Å². The fourth-order valence-corrected chi connectivity index (χ4v) is 2.69. The molecule has 0 aliphatic rings. The van der Waals surface area contributed by atoms with E-state index in [1.165, 1.54) is 16.3 Å². The summed E-state index contributed by atoms with van der Waals surface area (Å²) in [5, 5.41) is 2.42. The van der Waals surface area contributed by atoms with Crippen molar-refractivity contribution in [3.05, 3.63) is 78.4 Å². The van der Waals surface area contributed by atoms with Crippen molar-refractivity contribution < 1.29 is 4.84 Å². The van der Waals surface area contributed by atoms with Crippen LogP contribution < -0.4 is 4.84 Å². The van der Waals surface area contributed by atoms with Gasteiger partial charge in [-0.2, -0.15) is 4.73 Å². The van der Waals surface area contributed by atoms with Gasteiger partial charge in [0.25, 0.3) is 0 Å². The zero-order valence-corrected chi connectivity index (χ0v) is 11.8. The smallest absolute Gasteiger partial charge is 0.155 e. The van der Waals surface area contributed by atoms with E-state index in [-0.39, 0.29) is 0 Å². The van der Waals surface area contributed by atoms with Crippen LogP contribution in [0.25, 0.3) is 21.8 Å². The third-order valence-corrected chi connectivity index (χ3v) is 3.75. The zero-order chi connectivity index (χ0) is 14.2. The van der Waals surface area contributed by atoms with Gasteiger partial charge in [0.2, 0.25) is 0 Å². The normalized spacial score (nSPS) is 11.1. The van der Waals surface area contributed by atoms with E-state index in [1.54, 1.807) is 0 Å². The summed E-state index contributed by atoms with van der Waals surface area (Å²) in [6.45, 7) is 2.07. The second-order valence-corrected chi connectivity index (χ2v) is 5.23. The molecule has 0 saturated heterocycles. The molecule has 1 aromatic heterocycles. The molecule has 1 heterocycles. The molecule has 3 aromatic carbocycles. The van der Waals surface area contributed by atoms with Gasteiger partial charge < -0.3 is 4.84 Å². The number of hydrogen-bond donors (Lipinski definition) is 0. The van der Waals surface area contributed by atoms with Crippen LogP contribution in [0.1, 0.15) is 5.56 Å². The van der Waals surface area contributed by atoms with Crippen LogP contribution in [-0.4, -0.2) is 4.73 Å². The van der Waals surface area contributed by atoms with Gasteiger partial charge >= 0.3 is 0 Å². The summed E-state index contributed by atoms with van der Waals surface area (Å²) < 4.78 is 1.91. The van der Waals surface area contributed by atoms with Crippen molar-refractivity contribution in [1.29, 1.82) is 0 Å². The standard InChI is InChI=1S/C19H15NO/c1-14-10-12-15(13-11-14)21-20-18-8-4-2-6-16(18)17-7-3-5-9-19(17)20/h2-13H,1H3. The first kappa shape index (κ1) is 12.0. The van der Waals surface area contributed by atoms with Gasteiger partial charge in [-0.3, -0.25) is 0 Å². The fourth-order valence-electron chi connectivity index (χ4n) is 2.69. The maximum absolute atomic E-state index is 6.12. The highest BCUT2D eigenvalue weighted by atomic mass is 16.7. The molecular formula is C19H15NO. The number of nitrogens with zero attached hydrogens (tertiary/aromatic N) is 1. The molecule has 0 saturated carbocycles. The van der Waals surface area contributed by atoms with Crippen molar-refractivity contribution in [2.75, 3.05) is 0 Å². The fraction of sp³-hybridized carbons (Fsp3) is 0.0526. The molecule has 0 atom stereocenters. The zero-order valence-electron chi connectivity index (χ0n) is 11.8. The van der Waals surface area contributed by atoms with Crippen molar-refractivity contribution in [3.63, 3.8) is 0 Å². The number of aryl methyl sites for hydroxylation is 1. The van der Waals surface area contributed by atoms with Gasteiger partial charge in [-0.05, 0) is 31.2 Å². The van der Waals surface area contributed by atoms with Crippen LogP contribution in [0.2, 0.25) is 0 Å². The lowest BCUT2D eigenvalue weighted by molar-refractivity contribution is 0.241.